The maximum absolute atomic E-state index is 10.5. The second-order valence-corrected chi connectivity index (χ2v) is 3.78. The second-order valence-electron chi connectivity index (χ2n) is 3.40. The van der Waals surface area contributed by atoms with Crippen LogP contribution in [0.3, 0.4) is 0 Å². The van der Waals surface area contributed by atoms with E-state index in [0.29, 0.717) is 0 Å². The van der Waals surface area contributed by atoms with Crippen molar-refractivity contribution >= 4 is 29.4 Å². The Morgan fingerprint density at radius 2 is 1.81 bits per heavy atom. The number of nitrogens with zero attached hydrogens (tertiary/aromatic N) is 4. The Hall–Kier alpha value is -2.81. The molecular weight excluding hydrogens is 302 g/mol. The average molecular weight is 312 g/mol. The Morgan fingerprint density at radius 3 is 2.24 bits per heavy atom. The summed E-state index contributed by atoms with van der Waals surface area (Å²) in [5.41, 5.74) is 0.0203. The predicted molar refractivity (Wildman–Crippen MR) is 72.5 cm³/mol. The Kier molecular flexibility index (Phi) is 5.96. The first-order valence-corrected chi connectivity index (χ1v) is 5.78. The third kappa shape index (κ3) is 4.99. The van der Waals surface area contributed by atoms with Crippen molar-refractivity contribution in [1.29, 1.82) is 0 Å². The van der Waals surface area contributed by atoms with Gasteiger partial charge in [0.2, 0.25) is 0 Å². The monoisotopic (exact) mass is 311 g/mol. The van der Waals surface area contributed by atoms with Crippen LogP contribution in [0.1, 0.15) is 20.8 Å². The lowest BCUT2D eigenvalue weighted by Gasteiger charge is -1.99. The number of rotatable bonds is 3. The number of carboxylic acids is 2. The van der Waals surface area contributed by atoms with Gasteiger partial charge < -0.3 is 15.5 Å². The van der Waals surface area contributed by atoms with Gasteiger partial charge in [0.15, 0.2) is 16.7 Å². The molecule has 21 heavy (non-hydrogen) atoms. The summed E-state index contributed by atoms with van der Waals surface area (Å²) in [5, 5.41) is 33.5. The number of halogens is 1. The summed E-state index contributed by atoms with van der Waals surface area (Å²) in [4.78, 5) is 20.6. The molecule has 0 aliphatic heterocycles. The van der Waals surface area contributed by atoms with Crippen LogP contribution in [0.5, 0.6) is 0 Å². The molecule has 9 nitrogen and oxygen atoms in total. The number of aromatic carboxylic acids is 2. The molecule has 0 spiro atoms. The zero-order valence-corrected chi connectivity index (χ0v) is 11.4. The van der Waals surface area contributed by atoms with Crippen LogP contribution in [0.25, 0.3) is 0 Å². The van der Waals surface area contributed by atoms with E-state index in [0.717, 1.165) is 0 Å². The topological polar surface area (TPSA) is 138 Å². The number of hydrogen-bond acceptors (Lipinski definition) is 7. The van der Waals surface area contributed by atoms with Crippen LogP contribution in [0.4, 0.5) is 5.82 Å². The van der Waals surface area contributed by atoms with E-state index < -0.39 is 11.9 Å². The number of aromatic nitrogens is 4. The molecule has 10 heteroatoms. The summed E-state index contributed by atoms with van der Waals surface area (Å²) in [5.74, 6) is -1.84. The minimum absolute atomic E-state index is 0.107. The van der Waals surface area contributed by atoms with Crippen molar-refractivity contribution < 1.29 is 19.8 Å². The summed E-state index contributed by atoms with van der Waals surface area (Å²) in [6, 6.07) is 4.05. The van der Waals surface area contributed by atoms with E-state index in [2.05, 4.69) is 25.7 Å². The van der Waals surface area contributed by atoms with Gasteiger partial charge in [-0.2, -0.15) is 5.10 Å². The molecule has 2 aromatic heterocycles. The lowest BCUT2D eigenvalue weighted by atomic mass is 10.3. The maximum Gasteiger partial charge on any atom is 0.356 e. The van der Waals surface area contributed by atoms with E-state index in [9.17, 15) is 9.59 Å². The number of nitrogens with one attached hydrogen (secondary N) is 1. The first-order valence-electron chi connectivity index (χ1n) is 5.41. The van der Waals surface area contributed by atoms with E-state index in [1.165, 1.54) is 24.4 Å². The zero-order chi connectivity index (χ0) is 15.8. The van der Waals surface area contributed by atoms with Crippen LogP contribution >= 0.6 is 11.6 Å². The Morgan fingerprint density at radius 1 is 1.10 bits per heavy atom. The minimum atomic E-state index is -1.11. The molecule has 0 saturated heterocycles. The van der Waals surface area contributed by atoms with Gasteiger partial charge in [-0.3, -0.25) is 0 Å². The Labute approximate surface area is 123 Å². The van der Waals surface area contributed by atoms with E-state index in [1.54, 1.807) is 7.05 Å². The molecule has 2 aromatic rings. The summed E-state index contributed by atoms with van der Waals surface area (Å²) < 4.78 is 0. The highest BCUT2D eigenvalue weighted by Gasteiger charge is 2.08. The molecule has 0 radical (unpaired) electrons. The van der Waals surface area contributed by atoms with Gasteiger partial charge in [-0.1, -0.05) is 11.6 Å². The highest BCUT2D eigenvalue weighted by molar-refractivity contribution is 6.29. The van der Waals surface area contributed by atoms with Crippen molar-refractivity contribution in [3.05, 3.63) is 40.8 Å². The largest absolute Gasteiger partial charge is 0.478 e. The molecule has 0 amide bonds. The molecule has 0 aromatic carbocycles. The first-order chi connectivity index (χ1) is 9.95. The highest BCUT2D eigenvalue weighted by Crippen LogP contribution is 2.07. The quantitative estimate of drug-likeness (QED) is 0.758. The summed E-state index contributed by atoms with van der Waals surface area (Å²) in [7, 11) is 1.59. The van der Waals surface area contributed by atoms with Crippen molar-refractivity contribution in [3.63, 3.8) is 0 Å². The van der Waals surface area contributed by atoms with E-state index in [-0.39, 0.29) is 22.2 Å². The van der Waals surface area contributed by atoms with Crippen LogP contribution in [-0.4, -0.2) is 49.6 Å². The molecule has 0 aliphatic rings. The standard InChI is InChI=1S/C6H7N3O2.C5H3ClN2O2/c1-7-5-4(6(10)11)2-3-8-9-5;6-4-2-1-3(5(9)10)7-8-4/h2-3H,1H3,(H,7,9)(H,10,11);1-2H,(H,9,10). The zero-order valence-electron chi connectivity index (χ0n) is 10.7. The van der Waals surface area contributed by atoms with Gasteiger partial charge in [0.25, 0.3) is 0 Å². The number of anilines is 1. The van der Waals surface area contributed by atoms with Crippen molar-refractivity contribution in [2.45, 2.75) is 0 Å². The fourth-order valence-corrected chi connectivity index (χ4v) is 1.22. The van der Waals surface area contributed by atoms with Gasteiger partial charge in [-0.25, -0.2) is 9.59 Å². The number of carbonyl (C=O) groups is 2. The van der Waals surface area contributed by atoms with Crippen LogP contribution in [0.2, 0.25) is 5.15 Å². The number of hydrogen-bond donors (Lipinski definition) is 3. The summed E-state index contributed by atoms with van der Waals surface area (Å²) >= 11 is 5.35. The molecule has 0 aliphatic carbocycles. The molecule has 0 atom stereocenters. The molecule has 0 saturated carbocycles. The van der Waals surface area contributed by atoms with Gasteiger partial charge in [0, 0.05) is 7.05 Å². The third-order valence-corrected chi connectivity index (χ3v) is 2.24. The van der Waals surface area contributed by atoms with Crippen molar-refractivity contribution in [2.24, 2.45) is 0 Å². The maximum atomic E-state index is 10.5. The minimum Gasteiger partial charge on any atom is -0.478 e. The fraction of sp³-hybridized carbons (Fsp3) is 0.0909. The van der Waals surface area contributed by atoms with Gasteiger partial charge in [-0.15, -0.1) is 15.3 Å². The van der Waals surface area contributed by atoms with Gasteiger partial charge in [-0.05, 0) is 18.2 Å². The van der Waals surface area contributed by atoms with Crippen LogP contribution in [-0.2, 0) is 0 Å². The molecule has 2 rings (SSSR count). The molecular formula is C11H10ClN5O4. The molecule has 0 unspecified atom stereocenters. The lowest BCUT2D eigenvalue weighted by molar-refractivity contribution is 0.0681. The molecule has 0 bridgehead atoms. The Bertz CT molecular complexity index is 635. The molecule has 110 valence electrons. The van der Waals surface area contributed by atoms with Crippen molar-refractivity contribution in [3.8, 4) is 0 Å². The van der Waals surface area contributed by atoms with Crippen LogP contribution < -0.4 is 5.32 Å². The molecule has 0 fully saturated rings. The molecule has 3 N–H and O–H groups in total. The summed E-state index contributed by atoms with van der Waals surface area (Å²) in [6.07, 6.45) is 1.34. The highest BCUT2D eigenvalue weighted by atomic mass is 35.5. The smallest absolute Gasteiger partial charge is 0.356 e. The van der Waals surface area contributed by atoms with Gasteiger partial charge in [0.1, 0.15) is 5.56 Å². The first kappa shape index (κ1) is 16.2. The van der Waals surface area contributed by atoms with Crippen LogP contribution in [0, 0.1) is 0 Å². The van der Waals surface area contributed by atoms with E-state index in [1.807, 2.05) is 0 Å². The third-order valence-electron chi connectivity index (χ3n) is 2.04. The predicted octanol–water partition coefficient (Wildman–Crippen LogP) is 1.04. The fourth-order valence-electron chi connectivity index (χ4n) is 1.12. The van der Waals surface area contributed by atoms with Gasteiger partial charge >= 0.3 is 11.9 Å². The second kappa shape index (κ2) is 7.70. The SMILES string of the molecule is CNc1nnccc1C(=O)O.O=C(O)c1ccc(Cl)nn1. The van der Waals surface area contributed by atoms with Gasteiger partial charge in [0.05, 0.1) is 6.20 Å². The Balaban J connectivity index is 0.000000211. The van der Waals surface area contributed by atoms with Crippen molar-refractivity contribution in [2.75, 3.05) is 12.4 Å². The summed E-state index contributed by atoms with van der Waals surface area (Å²) in [6.45, 7) is 0. The van der Waals surface area contributed by atoms with Crippen LogP contribution in [0.15, 0.2) is 24.4 Å². The van der Waals surface area contributed by atoms with E-state index in [4.69, 9.17) is 21.8 Å². The van der Waals surface area contributed by atoms with E-state index >= 15 is 0 Å². The number of carboxylic acid groups (broad SMARTS) is 2. The normalized spacial score (nSPS) is 9.24. The lowest BCUT2D eigenvalue weighted by Crippen LogP contribution is -2.05. The average Bonchev–Trinajstić information content (AvgIpc) is 2.48. The van der Waals surface area contributed by atoms with Crippen molar-refractivity contribution in [1.82, 2.24) is 20.4 Å². The molecule has 2 heterocycles.